The molecule has 1 saturated heterocycles. The molecule has 1 fully saturated rings. The van der Waals surface area contributed by atoms with Crippen LogP contribution in [0.2, 0.25) is 0 Å². The molecule has 2 aromatic rings. The molecule has 0 amide bonds. The van der Waals surface area contributed by atoms with Crippen LogP contribution in [0.5, 0.6) is 0 Å². The number of aryl methyl sites for hydroxylation is 1. The Bertz CT molecular complexity index is 588. The van der Waals surface area contributed by atoms with Crippen LogP contribution < -0.4 is 0 Å². The van der Waals surface area contributed by atoms with E-state index in [4.69, 9.17) is 5.26 Å². The van der Waals surface area contributed by atoms with Gasteiger partial charge < -0.3 is 0 Å². The minimum Gasteiger partial charge on any atom is -0.294 e. The van der Waals surface area contributed by atoms with Gasteiger partial charge in [0.15, 0.2) is 0 Å². The number of hydrogen-bond donors (Lipinski definition) is 0. The van der Waals surface area contributed by atoms with Crippen LogP contribution in [0.1, 0.15) is 21.5 Å². The van der Waals surface area contributed by atoms with Gasteiger partial charge in [0.2, 0.25) is 0 Å². The Labute approximate surface area is 109 Å². The maximum atomic E-state index is 8.75. The second-order valence-electron chi connectivity index (χ2n) is 4.51. The standard InChI is InChI=1S/C12H13N5S/c1-9-14-4-12(18-9)8-16-6-11(7-16)17-5-10(2-13)3-15-17/h3-5,11H,6-8H2,1H3. The number of nitriles is 1. The first-order valence-corrected chi connectivity index (χ1v) is 6.64. The highest BCUT2D eigenvalue weighted by Crippen LogP contribution is 2.24. The Balaban J connectivity index is 1.55. The van der Waals surface area contributed by atoms with Gasteiger partial charge in [0, 0.05) is 36.9 Å². The molecule has 0 atom stereocenters. The van der Waals surface area contributed by atoms with E-state index in [0.717, 1.165) is 24.6 Å². The topological polar surface area (TPSA) is 57.7 Å². The van der Waals surface area contributed by atoms with Gasteiger partial charge in [-0.2, -0.15) is 10.4 Å². The van der Waals surface area contributed by atoms with E-state index in [2.05, 4.69) is 21.1 Å². The highest BCUT2D eigenvalue weighted by molar-refractivity contribution is 7.11. The fraction of sp³-hybridized carbons (Fsp3) is 0.417. The van der Waals surface area contributed by atoms with Crippen molar-refractivity contribution in [3.05, 3.63) is 34.0 Å². The Morgan fingerprint density at radius 1 is 1.50 bits per heavy atom. The van der Waals surface area contributed by atoms with Crippen molar-refractivity contribution in [1.82, 2.24) is 19.7 Å². The van der Waals surface area contributed by atoms with Crippen molar-refractivity contribution in [3.8, 4) is 6.07 Å². The molecule has 0 bridgehead atoms. The molecule has 3 rings (SSSR count). The van der Waals surface area contributed by atoms with Gasteiger partial charge in [-0.15, -0.1) is 11.3 Å². The molecule has 0 N–H and O–H groups in total. The second-order valence-corrected chi connectivity index (χ2v) is 5.83. The third kappa shape index (κ3) is 2.15. The zero-order valence-corrected chi connectivity index (χ0v) is 10.9. The van der Waals surface area contributed by atoms with Crippen molar-refractivity contribution in [2.45, 2.75) is 19.5 Å². The fourth-order valence-corrected chi connectivity index (χ4v) is 2.97. The molecule has 18 heavy (non-hydrogen) atoms. The molecule has 0 radical (unpaired) electrons. The van der Waals surface area contributed by atoms with E-state index < -0.39 is 0 Å². The number of likely N-dealkylation sites (tertiary alicyclic amines) is 1. The van der Waals surface area contributed by atoms with E-state index in [1.807, 2.05) is 24.0 Å². The van der Waals surface area contributed by atoms with Crippen molar-refractivity contribution in [2.75, 3.05) is 13.1 Å². The summed E-state index contributed by atoms with van der Waals surface area (Å²) in [5.41, 5.74) is 0.631. The van der Waals surface area contributed by atoms with Crippen molar-refractivity contribution in [1.29, 1.82) is 5.26 Å². The first-order chi connectivity index (χ1) is 8.74. The van der Waals surface area contributed by atoms with Crippen LogP contribution in [0.3, 0.4) is 0 Å². The van der Waals surface area contributed by atoms with Crippen LogP contribution >= 0.6 is 11.3 Å². The van der Waals surface area contributed by atoms with Crippen LogP contribution in [0.15, 0.2) is 18.6 Å². The average Bonchev–Trinajstić information content (AvgIpc) is 2.91. The Morgan fingerprint density at radius 3 is 2.94 bits per heavy atom. The molecule has 3 heterocycles. The Hall–Kier alpha value is -1.71. The molecule has 0 aliphatic carbocycles. The molecule has 0 saturated carbocycles. The van der Waals surface area contributed by atoms with Gasteiger partial charge in [-0.3, -0.25) is 9.58 Å². The van der Waals surface area contributed by atoms with E-state index >= 15 is 0 Å². The molecule has 6 heteroatoms. The normalized spacial score (nSPS) is 16.4. The molecule has 1 aliphatic rings. The van der Waals surface area contributed by atoms with Crippen LogP contribution in [-0.2, 0) is 6.54 Å². The van der Waals surface area contributed by atoms with Crippen molar-refractivity contribution >= 4 is 11.3 Å². The lowest BCUT2D eigenvalue weighted by Gasteiger charge is -2.38. The van der Waals surface area contributed by atoms with E-state index in [1.54, 1.807) is 17.5 Å². The largest absolute Gasteiger partial charge is 0.294 e. The summed E-state index contributed by atoms with van der Waals surface area (Å²) in [6, 6.07) is 2.50. The highest BCUT2D eigenvalue weighted by atomic mass is 32.1. The summed E-state index contributed by atoms with van der Waals surface area (Å²) in [5.74, 6) is 0. The number of thiazole rings is 1. The van der Waals surface area contributed by atoms with Crippen LogP contribution in [0, 0.1) is 18.3 Å². The Morgan fingerprint density at radius 2 is 2.33 bits per heavy atom. The molecule has 0 aromatic carbocycles. The van der Waals surface area contributed by atoms with E-state index in [1.165, 1.54) is 4.88 Å². The average molecular weight is 259 g/mol. The summed E-state index contributed by atoms with van der Waals surface area (Å²) in [4.78, 5) is 7.93. The molecular formula is C12H13N5S. The van der Waals surface area contributed by atoms with Crippen LogP contribution in [0.25, 0.3) is 0 Å². The summed E-state index contributed by atoms with van der Waals surface area (Å²) in [7, 11) is 0. The summed E-state index contributed by atoms with van der Waals surface area (Å²) < 4.78 is 1.90. The van der Waals surface area contributed by atoms with Gasteiger partial charge in [0.25, 0.3) is 0 Å². The minimum atomic E-state index is 0.404. The van der Waals surface area contributed by atoms with E-state index in [0.29, 0.717) is 11.6 Å². The lowest BCUT2D eigenvalue weighted by Crippen LogP contribution is -2.46. The molecule has 1 aliphatic heterocycles. The van der Waals surface area contributed by atoms with Crippen molar-refractivity contribution in [3.63, 3.8) is 0 Å². The number of aromatic nitrogens is 3. The highest BCUT2D eigenvalue weighted by Gasteiger charge is 2.28. The SMILES string of the molecule is Cc1ncc(CN2CC(n3cc(C#N)cn3)C2)s1. The molecule has 92 valence electrons. The van der Waals surface area contributed by atoms with E-state index in [-0.39, 0.29) is 0 Å². The zero-order valence-electron chi connectivity index (χ0n) is 10.1. The molecule has 5 nitrogen and oxygen atoms in total. The lowest BCUT2D eigenvalue weighted by molar-refractivity contribution is 0.0919. The zero-order chi connectivity index (χ0) is 12.5. The smallest absolute Gasteiger partial charge is 0.102 e. The second kappa shape index (κ2) is 4.52. The van der Waals surface area contributed by atoms with Gasteiger partial charge in [-0.05, 0) is 6.92 Å². The first kappa shape index (κ1) is 11.4. The third-order valence-electron chi connectivity index (χ3n) is 3.09. The summed E-state index contributed by atoms with van der Waals surface area (Å²) in [6.45, 7) is 4.97. The van der Waals surface area contributed by atoms with Crippen molar-refractivity contribution in [2.24, 2.45) is 0 Å². The number of rotatable bonds is 3. The third-order valence-corrected chi connectivity index (χ3v) is 3.99. The van der Waals surface area contributed by atoms with Gasteiger partial charge in [0.05, 0.1) is 22.8 Å². The fourth-order valence-electron chi connectivity index (χ4n) is 2.13. The number of nitrogens with zero attached hydrogens (tertiary/aromatic N) is 5. The van der Waals surface area contributed by atoms with Crippen LogP contribution in [-0.4, -0.2) is 32.8 Å². The monoisotopic (exact) mass is 259 g/mol. The maximum Gasteiger partial charge on any atom is 0.102 e. The Kier molecular flexibility index (Phi) is 2.86. The quantitative estimate of drug-likeness (QED) is 0.839. The molecule has 0 unspecified atom stereocenters. The summed E-state index contributed by atoms with van der Waals surface area (Å²) in [6.07, 6.45) is 5.39. The van der Waals surface area contributed by atoms with Crippen molar-refractivity contribution < 1.29 is 0 Å². The lowest BCUT2D eigenvalue weighted by atomic mass is 10.1. The first-order valence-electron chi connectivity index (χ1n) is 5.82. The van der Waals surface area contributed by atoms with E-state index in [9.17, 15) is 0 Å². The molecular weight excluding hydrogens is 246 g/mol. The maximum absolute atomic E-state index is 8.75. The summed E-state index contributed by atoms with van der Waals surface area (Å²) >= 11 is 1.75. The van der Waals surface area contributed by atoms with Gasteiger partial charge >= 0.3 is 0 Å². The van der Waals surface area contributed by atoms with Crippen LogP contribution in [0.4, 0.5) is 0 Å². The molecule has 2 aromatic heterocycles. The van der Waals surface area contributed by atoms with Gasteiger partial charge in [0.1, 0.15) is 6.07 Å². The minimum absolute atomic E-state index is 0.404. The molecule has 0 spiro atoms. The summed E-state index contributed by atoms with van der Waals surface area (Å²) in [5, 5.41) is 14.1. The predicted molar refractivity (Wildman–Crippen MR) is 68.1 cm³/mol. The van der Waals surface area contributed by atoms with Gasteiger partial charge in [-0.25, -0.2) is 4.98 Å². The predicted octanol–water partition coefficient (Wildman–Crippen LogP) is 1.58. The number of hydrogen-bond acceptors (Lipinski definition) is 5. The van der Waals surface area contributed by atoms with Gasteiger partial charge in [-0.1, -0.05) is 0 Å².